The molecule has 1 radical (unpaired) electrons. The number of rotatable bonds is 3. The van der Waals surface area contributed by atoms with Gasteiger partial charge in [0.05, 0.1) is 10.7 Å². The highest BCUT2D eigenvalue weighted by Crippen LogP contribution is 2.18. The fourth-order valence-corrected chi connectivity index (χ4v) is 1.36. The van der Waals surface area contributed by atoms with Crippen LogP contribution in [0.5, 0.6) is 0 Å². The molecule has 0 aliphatic heterocycles. The summed E-state index contributed by atoms with van der Waals surface area (Å²) in [6, 6.07) is 4.29. The molecule has 17 heavy (non-hydrogen) atoms. The van der Waals surface area contributed by atoms with Crippen molar-refractivity contribution in [2.24, 2.45) is 5.73 Å². The zero-order valence-electron chi connectivity index (χ0n) is 8.48. The van der Waals surface area contributed by atoms with Gasteiger partial charge in [-0.2, -0.15) is 0 Å². The van der Waals surface area contributed by atoms with Crippen LogP contribution < -0.4 is 5.73 Å². The lowest BCUT2D eigenvalue weighted by molar-refractivity contribution is 0.0967. The van der Waals surface area contributed by atoms with Crippen LogP contribution in [0, 0.1) is 12.2 Å². The summed E-state index contributed by atoms with van der Waals surface area (Å²) < 4.78 is 18.0. The molecule has 0 bridgehead atoms. The fraction of sp³-hybridized carbons (Fsp3) is 0. The van der Waals surface area contributed by atoms with Crippen LogP contribution in [0.2, 0.25) is 5.02 Å². The van der Waals surface area contributed by atoms with Gasteiger partial charge in [-0.25, -0.2) is 9.37 Å². The first-order chi connectivity index (χ1) is 8.06. The van der Waals surface area contributed by atoms with E-state index in [0.717, 1.165) is 0 Å². The van der Waals surface area contributed by atoms with Gasteiger partial charge in [0, 0.05) is 6.42 Å². The Morgan fingerprint density at radius 3 is 2.88 bits per heavy atom. The van der Waals surface area contributed by atoms with Crippen molar-refractivity contribution >= 4 is 17.5 Å². The number of nitrogens with two attached hydrogens (primary N) is 1. The Kier molecular flexibility index (Phi) is 3.10. The van der Waals surface area contributed by atoms with E-state index in [2.05, 4.69) is 4.98 Å². The molecular weight excluding hydrogens is 247 g/mol. The lowest BCUT2D eigenvalue weighted by Gasteiger charge is -1.98. The number of carbonyl (C=O) groups excluding carboxylic acids is 1. The van der Waals surface area contributed by atoms with Crippen LogP contribution in [-0.2, 0) is 0 Å². The van der Waals surface area contributed by atoms with E-state index in [0.29, 0.717) is 11.3 Å². The molecule has 0 aliphatic rings. The van der Waals surface area contributed by atoms with E-state index >= 15 is 0 Å². The molecule has 2 N–H and O–H groups in total. The Hall–Kier alpha value is -1.88. The Morgan fingerprint density at radius 1 is 1.53 bits per heavy atom. The van der Waals surface area contributed by atoms with E-state index < -0.39 is 11.7 Å². The van der Waals surface area contributed by atoms with Gasteiger partial charge >= 0.3 is 5.91 Å². The summed E-state index contributed by atoms with van der Waals surface area (Å²) in [6.07, 6.45) is 2.79. The van der Waals surface area contributed by atoms with Crippen LogP contribution in [0.3, 0.4) is 0 Å². The monoisotopic (exact) mass is 253 g/mol. The maximum atomic E-state index is 13.1. The molecule has 0 saturated carbocycles. The molecule has 0 spiro atoms. The number of carbonyl (C=O) groups is 1. The molecule has 0 fully saturated rings. The topological polar surface area (TPSA) is 69.1 Å². The zero-order valence-corrected chi connectivity index (χ0v) is 9.24. The number of benzene rings is 1. The normalized spacial score (nSPS) is 10.5. The van der Waals surface area contributed by atoms with E-state index in [1.165, 1.54) is 24.8 Å². The number of nitrogens with zero attached hydrogens (tertiary/aromatic N) is 1. The molecular formula is C11H7ClFN2O2. The summed E-state index contributed by atoms with van der Waals surface area (Å²) in [5, 5.41) is 0.0418. The number of hydrogen-bond donors (Lipinski definition) is 1. The van der Waals surface area contributed by atoms with Gasteiger partial charge in [-0.1, -0.05) is 17.7 Å². The quantitative estimate of drug-likeness (QED) is 0.911. The van der Waals surface area contributed by atoms with Gasteiger partial charge in [-0.15, -0.1) is 0 Å². The average Bonchev–Trinajstić information content (AvgIpc) is 2.72. The van der Waals surface area contributed by atoms with Crippen molar-refractivity contribution in [3.8, 4) is 0 Å². The van der Waals surface area contributed by atoms with Crippen LogP contribution in [0.4, 0.5) is 4.39 Å². The summed E-state index contributed by atoms with van der Waals surface area (Å²) >= 11 is 5.55. The third-order valence-electron chi connectivity index (χ3n) is 1.99. The molecule has 1 heterocycles. The van der Waals surface area contributed by atoms with Crippen molar-refractivity contribution in [3.05, 3.63) is 58.9 Å². The van der Waals surface area contributed by atoms with Gasteiger partial charge < -0.3 is 10.2 Å². The Balaban J connectivity index is 2.19. The molecule has 1 aromatic heterocycles. The maximum Gasteiger partial charge on any atom is 0.304 e. The van der Waals surface area contributed by atoms with Crippen LogP contribution in [0.25, 0.3) is 0 Å². The minimum absolute atomic E-state index is 0.0418. The first-order valence-corrected chi connectivity index (χ1v) is 4.99. The van der Waals surface area contributed by atoms with Crippen LogP contribution >= 0.6 is 11.6 Å². The number of halogens is 2. The highest BCUT2D eigenvalue weighted by atomic mass is 35.5. The zero-order chi connectivity index (χ0) is 12.4. The molecule has 2 aromatic rings. The molecule has 0 unspecified atom stereocenters. The number of primary amides is 1. The third-order valence-corrected chi connectivity index (χ3v) is 2.30. The van der Waals surface area contributed by atoms with Gasteiger partial charge in [-0.3, -0.25) is 4.79 Å². The smallest absolute Gasteiger partial charge is 0.304 e. The van der Waals surface area contributed by atoms with Crippen LogP contribution in [0.1, 0.15) is 21.9 Å². The van der Waals surface area contributed by atoms with Gasteiger partial charge in [0.25, 0.3) is 5.89 Å². The molecule has 4 nitrogen and oxygen atoms in total. The van der Waals surface area contributed by atoms with Gasteiger partial charge in [0.15, 0.2) is 0 Å². The minimum atomic E-state index is -0.757. The number of amides is 1. The largest absolute Gasteiger partial charge is 0.441 e. The second-order valence-corrected chi connectivity index (χ2v) is 3.67. The first-order valence-electron chi connectivity index (χ1n) is 4.61. The SMILES string of the molecule is NC(=O)c1nc([CH]c2ccc(Cl)c(F)c2)co1. The van der Waals surface area contributed by atoms with Crippen LogP contribution in [-0.4, -0.2) is 10.9 Å². The average molecular weight is 254 g/mol. The fourth-order valence-electron chi connectivity index (χ4n) is 1.24. The second-order valence-electron chi connectivity index (χ2n) is 3.26. The molecule has 2 rings (SSSR count). The predicted octanol–water partition coefficient (Wildman–Crippen LogP) is 2.17. The highest BCUT2D eigenvalue weighted by Gasteiger charge is 2.10. The lowest BCUT2D eigenvalue weighted by atomic mass is 10.1. The molecule has 0 saturated heterocycles. The van der Waals surface area contributed by atoms with Crippen molar-refractivity contribution < 1.29 is 13.6 Å². The molecule has 87 valence electrons. The molecule has 1 aromatic carbocycles. The Labute approximate surface area is 101 Å². The lowest BCUT2D eigenvalue weighted by Crippen LogP contribution is -2.11. The number of oxazole rings is 1. The van der Waals surface area contributed by atoms with Crippen molar-refractivity contribution in [3.63, 3.8) is 0 Å². The van der Waals surface area contributed by atoms with Crippen molar-refractivity contribution in [2.75, 3.05) is 0 Å². The van der Waals surface area contributed by atoms with E-state index in [1.54, 1.807) is 6.07 Å². The number of hydrogen-bond acceptors (Lipinski definition) is 3. The molecule has 0 aliphatic carbocycles. The van der Waals surface area contributed by atoms with Gasteiger partial charge in [0.1, 0.15) is 12.1 Å². The standard InChI is InChI=1S/C11H7ClFN2O2/c12-8-2-1-6(4-9(8)13)3-7-5-17-11(15-7)10(14)16/h1-5H,(H2,14,16). The molecule has 1 amide bonds. The van der Waals surface area contributed by atoms with Crippen molar-refractivity contribution in [2.45, 2.75) is 0 Å². The van der Waals surface area contributed by atoms with E-state index in [-0.39, 0.29) is 10.9 Å². The minimum Gasteiger partial charge on any atom is -0.441 e. The Morgan fingerprint density at radius 2 is 2.29 bits per heavy atom. The molecule has 6 heteroatoms. The highest BCUT2D eigenvalue weighted by molar-refractivity contribution is 6.30. The van der Waals surface area contributed by atoms with E-state index in [4.69, 9.17) is 21.8 Å². The van der Waals surface area contributed by atoms with Gasteiger partial charge in [0.2, 0.25) is 0 Å². The van der Waals surface area contributed by atoms with Gasteiger partial charge in [-0.05, 0) is 17.7 Å². The third kappa shape index (κ3) is 2.62. The Bertz CT molecular complexity index is 568. The second kappa shape index (κ2) is 4.55. The summed E-state index contributed by atoms with van der Waals surface area (Å²) in [4.78, 5) is 14.5. The summed E-state index contributed by atoms with van der Waals surface area (Å²) in [6.45, 7) is 0. The predicted molar refractivity (Wildman–Crippen MR) is 58.9 cm³/mol. The summed E-state index contributed by atoms with van der Waals surface area (Å²) in [7, 11) is 0. The van der Waals surface area contributed by atoms with Crippen molar-refractivity contribution in [1.82, 2.24) is 4.98 Å². The summed E-state index contributed by atoms with van der Waals surface area (Å²) in [5.74, 6) is -1.48. The van der Waals surface area contributed by atoms with Crippen LogP contribution in [0.15, 0.2) is 28.9 Å². The number of aromatic nitrogens is 1. The molecule has 0 atom stereocenters. The van der Waals surface area contributed by atoms with Crippen molar-refractivity contribution in [1.29, 1.82) is 0 Å². The summed E-state index contributed by atoms with van der Waals surface area (Å²) in [5.41, 5.74) is 5.91. The van der Waals surface area contributed by atoms with E-state index in [9.17, 15) is 9.18 Å². The van der Waals surface area contributed by atoms with E-state index in [1.807, 2.05) is 0 Å². The maximum absolute atomic E-state index is 13.1. The first kappa shape index (κ1) is 11.6.